The van der Waals surface area contributed by atoms with Gasteiger partial charge in [0.2, 0.25) is 14.9 Å². The van der Waals surface area contributed by atoms with Crippen molar-refractivity contribution in [3.63, 3.8) is 0 Å². The van der Waals surface area contributed by atoms with Gasteiger partial charge < -0.3 is 14.7 Å². The average molecular weight is 300 g/mol. The van der Waals surface area contributed by atoms with E-state index in [-0.39, 0.29) is 6.54 Å². The van der Waals surface area contributed by atoms with Crippen LogP contribution in [-0.2, 0) is 30.0 Å². The lowest BCUT2D eigenvalue weighted by atomic mass is 10.4. The summed E-state index contributed by atoms with van der Waals surface area (Å²) in [5.41, 5.74) is 0. The number of hydrogen-bond donors (Lipinski definition) is 1. The molecule has 11 heteroatoms. The van der Waals surface area contributed by atoms with Crippen LogP contribution >= 0.6 is 0 Å². The second-order valence-corrected chi connectivity index (χ2v) is 5.62. The molecule has 0 saturated carbocycles. The second-order valence-electron chi connectivity index (χ2n) is 4.09. The molecule has 20 heavy (non-hydrogen) atoms. The molecule has 108 valence electrons. The van der Waals surface area contributed by atoms with Crippen LogP contribution in [0.2, 0.25) is 0 Å². The van der Waals surface area contributed by atoms with E-state index in [1.54, 1.807) is 17.0 Å². The van der Waals surface area contributed by atoms with Crippen LogP contribution < -0.4 is 5.14 Å². The molecule has 0 radical (unpaired) electrons. The molecule has 0 aromatic carbocycles. The molecular weight excluding hydrogens is 288 g/mol. The summed E-state index contributed by atoms with van der Waals surface area (Å²) in [6.45, 7) is 0.251. The van der Waals surface area contributed by atoms with E-state index in [0.717, 1.165) is 12.0 Å². The Hall–Kier alpha value is -2.27. The second kappa shape index (κ2) is 5.02. The predicted molar refractivity (Wildman–Crippen MR) is 67.2 cm³/mol. The molecule has 2 aromatic heterocycles. The normalized spacial score (nSPS) is 11.7. The zero-order chi connectivity index (χ0) is 14.9. The molecule has 2 rings (SSSR count). The minimum atomic E-state index is -4.18. The van der Waals surface area contributed by atoms with Gasteiger partial charge in [-0.25, -0.2) is 18.5 Å². The van der Waals surface area contributed by atoms with Crippen LogP contribution in [0.25, 0.3) is 0 Å². The lowest BCUT2D eigenvalue weighted by Gasteiger charge is -1.99. The van der Waals surface area contributed by atoms with Crippen molar-refractivity contribution < 1.29 is 13.3 Å². The number of nitrogens with zero attached hydrogens (tertiary/aromatic N) is 5. The molecule has 0 bridgehead atoms. The van der Waals surface area contributed by atoms with Gasteiger partial charge in [-0.15, -0.1) is 0 Å². The van der Waals surface area contributed by atoms with Crippen LogP contribution in [-0.4, -0.2) is 32.7 Å². The van der Waals surface area contributed by atoms with Gasteiger partial charge in [0, 0.05) is 25.9 Å². The van der Waals surface area contributed by atoms with Crippen molar-refractivity contribution in [2.45, 2.75) is 17.9 Å². The van der Waals surface area contributed by atoms with Gasteiger partial charge in [-0.1, -0.05) is 0 Å². The van der Waals surface area contributed by atoms with Crippen molar-refractivity contribution in [1.29, 1.82) is 0 Å². The van der Waals surface area contributed by atoms with E-state index in [1.807, 2.05) is 7.05 Å². The number of aromatic nitrogens is 4. The molecule has 0 spiro atoms. The van der Waals surface area contributed by atoms with Crippen molar-refractivity contribution in [2.75, 3.05) is 0 Å². The van der Waals surface area contributed by atoms with Gasteiger partial charge >= 0.3 is 5.82 Å². The van der Waals surface area contributed by atoms with E-state index in [9.17, 15) is 18.5 Å². The summed E-state index contributed by atoms with van der Waals surface area (Å²) in [6.07, 6.45) is 4.89. The van der Waals surface area contributed by atoms with Crippen LogP contribution in [0, 0.1) is 10.1 Å². The van der Waals surface area contributed by atoms with Gasteiger partial charge in [0.1, 0.15) is 5.82 Å². The maximum atomic E-state index is 11.3. The SMILES string of the molecule is Cn1ccnc1CCn1cc(S(N)(=O)=O)c([N+](=O)[O-])n1. The Bertz CT molecular complexity index is 746. The molecule has 2 N–H and O–H groups in total. The number of rotatable bonds is 5. The highest BCUT2D eigenvalue weighted by molar-refractivity contribution is 7.89. The minimum Gasteiger partial charge on any atom is -0.358 e. The number of aryl methyl sites for hydroxylation is 3. The topological polar surface area (TPSA) is 139 Å². The molecule has 0 aliphatic rings. The fourth-order valence-electron chi connectivity index (χ4n) is 1.69. The number of sulfonamides is 1. The number of nitrogens with two attached hydrogens (primary N) is 1. The van der Waals surface area contributed by atoms with E-state index < -0.39 is 25.7 Å². The maximum absolute atomic E-state index is 11.3. The first-order valence-electron chi connectivity index (χ1n) is 5.50. The predicted octanol–water partition coefficient (Wildman–Crippen LogP) is -0.585. The molecule has 0 unspecified atom stereocenters. The molecule has 0 amide bonds. The zero-order valence-corrected chi connectivity index (χ0v) is 11.3. The van der Waals surface area contributed by atoms with E-state index >= 15 is 0 Å². The summed E-state index contributed by atoms with van der Waals surface area (Å²) in [4.78, 5) is 13.4. The van der Waals surface area contributed by atoms with E-state index in [4.69, 9.17) is 5.14 Å². The molecular formula is C9H12N6O4S. The Morgan fingerprint density at radius 1 is 1.50 bits per heavy atom. The molecule has 10 nitrogen and oxygen atoms in total. The minimum absolute atomic E-state index is 0.251. The fourth-order valence-corrected chi connectivity index (χ4v) is 2.33. The first kappa shape index (κ1) is 14.1. The molecule has 0 fully saturated rings. The Balaban J connectivity index is 2.26. The van der Waals surface area contributed by atoms with E-state index in [2.05, 4.69) is 10.1 Å². The summed E-state index contributed by atoms with van der Waals surface area (Å²) >= 11 is 0. The highest BCUT2D eigenvalue weighted by Crippen LogP contribution is 2.20. The third-order valence-electron chi connectivity index (χ3n) is 2.67. The Kier molecular flexibility index (Phi) is 3.55. The summed E-state index contributed by atoms with van der Waals surface area (Å²) < 4.78 is 25.5. The highest BCUT2D eigenvalue weighted by Gasteiger charge is 2.28. The largest absolute Gasteiger partial charge is 0.410 e. The van der Waals surface area contributed by atoms with Gasteiger partial charge in [-0.2, -0.15) is 4.68 Å². The molecule has 0 aliphatic carbocycles. The van der Waals surface area contributed by atoms with Crippen LogP contribution in [0.4, 0.5) is 5.82 Å². The van der Waals surface area contributed by atoms with Crippen molar-refractivity contribution >= 4 is 15.8 Å². The Morgan fingerprint density at radius 2 is 2.20 bits per heavy atom. The van der Waals surface area contributed by atoms with Crippen molar-refractivity contribution in [2.24, 2.45) is 12.2 Å². The van der Waals surface area contributed by atoms with Crippen molar-refractivity contribution in [1.82, 2.24) is 19.3 Å². The first-order chi connectivity index (χ1) is 9.29. The summed E-state index contributed by atoms with van der Waals surface area (Å²) in [5.74, 6) is -0.0207. The molecule has 2 heterocycles. The van der Waals surface area contributed by atoms with Crippen LogP contribution in [0.15, 0.2) is 23.5 Å². The number of imidazole rings is 1. The van der Waals surface area contributed by atoms with Crippen molar-refractivity contribution in [3.05, 3.63) is 34.5 Å². The first-order valence-corrected chi connectivity index (χ1v) is 7.04. The van der Waals surface area contributed by atoms with Gasteiger partial charge in [-0.05, 0) is 4.92 Å². The smallest absolute Gasteiger partial charge is 0.358 e. The van der Waals surface area contributed by atoms with Gasteiger partial charge in [0.05, 0.1) is 17.8 Å². The monoisotopic (exact) mass is 300 g/mol. The molecule has 0 atom stereocenters. The molecule has 2 aromatic rings. The highest BCUT2D eigenvalue weighted by atomic mass is 32.2. The zero-order valence-electron chi connectivity index (χ0n) is 10.5. The van der Waals surface area contributed by atoms with E-state index in [0.29, 0.717) is 6.42 Å². The third-order valence-corrected chi connectivity index (χ3v) is 3.58. The quantitative estimate of drug-likeness (QED) is 0.578. The van der Waals surface area contributed by atoms with Crippen LogP contribution in [0.1, 0.15) is 5.82 Å². The molecule has 0 aliphatic heterocycles. The number of nitro groups is 1. The summed E-state index contributed by atoms with van der Waals surface area (Å²) in [7, 11) is -2.37. The van der Waals surface area contributed by atoms with E-state index in [1.165, 1.54) is 4.68 Å². The number of primary sulfonamides is 1. The van der Waals surface area contributed by atoms with Gasteiger partial charge in [-0.3, -0.25) is 0 Å². The van der Waals surface area contributed by atoms with Crippen LogP contribution in [0.5, 0.6) is 0 Å². The molecule has 0 saturated heterocycles. The lowest BCUT2D eigenvalue weighted by molar-refractivity contribution is -0.392. The summed E-state index contributed by atoms with van der Waals surface area (Å²) in [6, 6.07) is 0. The van der Waals surface area contributed by atoms with Crippen LogP contribution in [0.3, 0.4) is 0 Å². The average Bonchev–Trinajstić information content (AvgIpc) is 2.91. The maximum Gasteiger partial charge on any atom is 0.410 e. The van der Waals surface area contributed by atoms with Gasteiger partial charge in [0.15, 0.2) is 0 Å². The Labute approximate surface area is 114 Å². The van der Waals surface area contributed by atoms with Gasteiger partial charge in [0.25, 0.3) is 0 Å². The standard InChI is InChI=1S/C9H12N6O4S/c1-13-5-3-11-8(13)2-4-14-6-7(20(10,18)19)9(12-14)15(16)17/h3,5-6H,2,4H2,1H3,(H2,10,18,19). The van der Waals surface area contributed by atoms with Crippen molar-refractivity contribution in [3.8, 4) is 0 Å². The fraction of sp³-hybridized carbons (Fsp3) is 0.333. The Morgan fingerprint density at radius 3 is 2.65 bits per heavy atom. The number of hydrogen-bond acceptors (Lipinski definition) is 6. The lowest BCUT2D eigenvalue weighted by Crippen LogP contribution is -2.13. The third kappa shape index (κ3) is 2.83. The summed E-state index contributed by atoms with van der Waals surface area (Å²) in [5, 5.41) is 19.3.